The number of rotatable bonds is 1. The molecule has 1 aromatic carbocycles. The van der Waals surface area contributed by atoms with E-state index in [1.165, 1.54) is 45.9 Å². The van der Waals surface area contributed by atoms with E-state index in [1.807, 2.05) is 0 Å². The van der Waals surface area contributed by atoms with Crippen molar-refractivity contribution >= 4 is 39.2 Å². The van der Waals surface area contributed by atoms with Gasteiger partial charge < -0.3 is 9.88 Å². The van der Waals surface area contributed by atoms with Gasteiger partial charge in [-0.3, -0.25) is 0 Å². The highest BCUT2D eigenvalue weighted by molar-refractivity contribution is 9.10. The number of aromatic amines is 1. The number of nitrogens with zero attached hydrogens (tertiary/aromatic N) is 1. The molecule has 0 aliphatic heterocycles. The Morgan fingerprint density at radius 1 is 1.33 bits per heavy atom. The van der Waals surface area contributed by atoms with E-state index in [4.69, 9.17) is 0 Å². The van der Waals surface area contributed by atoms with Crippen LogP contribution >= 0.6 is 28.3 Å². The zero-order chi connectivity index (χ0) is 12.0. The molecule has 18 heavy (non-hydrogen) atoms. The van der Waals surface area contributed by atoms with Crippen LogP contribution in [0.1, 0.15) is 17.7 Å². The number of halogens is 2. The van der Waals surface area contributed by atoms with Crippen molar-refractivity contribution in [2.24, 2.45) is 0 Å². The number of aryl methyl sites for hydroxylation is 1. The lowest BCUT2D eigenvalue weighted by atomic mass is 9.91. The molecule has 0 fully saturated rings. The van der Waals surface area contributed by atoms with Gasteiger partial charge in [0.2, 0.25) is 0 Å². The summed E-state index contributed by atoms with van der Waals surface area (Å²) in [5.41, 5.74) is 4.24. The fourth-order valence-electron chi connectivity index (χ4n) is 2.81. The minimum absolute atomic E-state index is 0. The van der Waals surface area contributed by atoms with E-state index >= 15 is 0 Å². The van der Waals surface area contributed by atoms with Gasteiger partial charge in [0, 0.05) is 27.1 Å². The lowest BCUT2D eigenvalue weighted by molar-refractivity contribution is 0.268. The summed E-state index contributed by atoms with van der Waals surface area (Å²) in [6.45, 7) is 0. The van der Waals surface area contributed by atoms with Crippen LogP contribution in [0.5, 0.6) is 0 Å². The third kappa shape index (κ3) is 2.31. The molecule has 1 atom stereocenters. The second-order valence-corrected chi connectivity index (χ2v) is 6.05. The van der Waals surface area contributed by atoms with Gasteiger partial charge in [-0.25, -0.2) is 0 Å². The Kier molecular flexibility index (Phi) is 4.05. The summed E-state index contributed by atoms with van der Waals surface area (Å²) in [5, 5.41) is 1.39. The van der Waals surface area contributed by atoms with Gasteiger partial charge in [0.1, 0.15) is 0 Å². The van der Waals surface area contributed by atoms with Gasteiger partial charge in [0.25, 0.3) is 0 Å². The monoisotopic (exact) mass is 328 g/mol. The molecule has 2 aromatic rings. The van der Waals surface area contributed by atoms with Crippen LogP contribution < -0.4 is 0 Å². The fraction of sp³-hybridized carbons (Fsp3) is 0.429. The summed E-state index contributed by atoms with van der Waals surface area (Å²) in [7, 11) is 4.36. The van der Waals surface area contributed by atoms with Gasteiger partial charge in [-0.2, -0.15) is 0 Å². The Labute approximate surface area is 122 Å². The molecular weight excluding hydrogens is 312 g/mol. The van der Waals surface area contributed by atoms with Gasteiger partial charge >= 0.3 is 0 Å². The highest BCUT2D eigenvalue weighted by Crippen LogP contribution is 2.31. The van der Waals surface area contributed by atoms with Gasteiger partial charge in [-0.1, -0.05) is 15.9 Å². The molecule has 1 aliphatic rings. The van der Waals surface area contributed by atoms with Crippen LogP contribution in [0.25, 0.3) is 10.9 Å². The molecule has 0 amide bonds. The van der Waals surface area contributed by atoms with E-state index in [0.29, 0.717) is 6.04 Å². The molecule has 0 saturated carbocycles. The standard InChI is InChI=1S/C14H17BrN2.ClH/c1-17(2)10-4-6-14-12(8-10)11-7-9(15)3-5-13(11)16-14;/h3,5,7,10,16H,4,6,8H2,1-2H3;1H. The molecule has 1 heterocycles. The minimum Gasteiger partial charge on any atom is -0.358 e. The maximum Gasteiger partial charge on any atom is 0.0459 e. The quantitative estimate of drug-likeness (QED) is 0.844. The Hall–Kier alpha value is -0.510. The zero-order valence-electron chi connectivity index (χ0n) is 10.7. The number of benzene rings is 1. The van der Waals surface area contributed by atoms with Crippen molar-refractivity contribution in [3.05, 3.63) is 33.9 Å². The Balaban J connectivity index is 0.00000120. The summed E-state index contributed by atoms with van der Waals surface area (Å²) in [5.74, 6) is 0. The molecule has 4 heteroatoms. The molecule has 0 spiro atoms. The molecule has 1 N–H and O–H groups in total. The van der Waals surface area contributed by atoms with Crippen molar-refractivity contribution < 1.29 is 0 Å². The number of hydrogen-bond donors (Lipinski definition) is 1. The molecular formula is C14H18BrClN2. The van der Waals surface area contributed by atoms with Crippen molar-refractivity contribution in [1.29, 1.82) is 0 Å². The van der Waals surface area contributed by atoms with Crippen LogP contribution in [-0.4, -0.2) is 30.0 Å². The summed E-state index contributed by atoms with van der Waals surface area (Å²) in [6, 6.07) is 7.19. The van der Waals surface area contributed by atoms with Gasteiger partial charge in [-0.05, 0) is 57.1 Å². The highest BCUT2D eigenvalue weighted by atomic mass is 79.9. The van der Waals surface area contributed by atoms with E-state index < -0.39 is 0 Å². The Morgan fingerprint density at radius 2 is 2.11 bits per heavy atom. The summed E-state index contributed by atoms with van der Waals surface area (Å²) in [4.78, 5) is 5.91. The van der Waals surface area contributed by atoms with Crippen LogP contribution in [0.15, 0.2) is 22.7 Å². The molecule has 1 unspecified atom stereocenters. The summed E-state index contributed by atoms with van der Waals surface area (Å²) >= 11 is 3.56. The normalized spacial score (nSPS) is 18.8. The second-order valence-electron chi connectivity index (χ2n) is 5.13. The molecule has 0 saturated heterocycles. The molecule has 1 aromatic heterocycles. The largest absolute Gasteiger partial charge is 0.358 e. The predicted molar refractivity (Wildman–Crippen MR) is 82.7 cm³/mol. The van der Waals surface area contributed by atoms with Gasteiger partial charge in [-0.15, -0.1) is 12.4 Å². The van der Waals surface area contributed by atoms with E-state index in [0.717, 1.165) is 0 Å². The second kappa shape index (κ2) is 5.24. The van der Waals surface area contributed by atoms with Crippen LogP contribution in [0, 0.1) is 0 Å². The van der Waals surface area contributed by atoms with Gasteiger partial charge in [0.05, 0.1) is 0 Å². The number of aromatic nitrogens is 1. The number of nitrogens with one attached hydrogen (secondary N) is 1. The molecule has 0 radical (unpaired) electrons. The fourth-order valence-corrected chi connectivity index (χ4v) is 3.17. The first-order valence-electron chi connectivity index (χ1n) is 6.10. The van der Waals surface area contributed by atoms with Crippen molar-refractivity contribution in [2.75, 3.05) is 14.1 Å². The van der Waals surface area contributed by atoms with Crippen LogP contribution in [0.2, 0.25) is 0 Å². The maximum atomic E-state index is 3.56. The minimum atomic E-state index is 0. The average Bonchev–Trinajstić information content (AvgIpc) is 2.66. The molecule has 2 nitrogen and oxygen atoms in total. The van der Waals surface area contributed by atoms with Crippen molar-refractivity contribution in [3.63, 3.8) is 0 Å². The van der Waals surface area contributed by atoms with Crippen LogP contribution in [0.3, 0.4) is 0 Å². The van der Waals surface area contributed by atoms with Crippen molar-refractivity contribution in [2.45, 2.75) is 25.3 Å². The summed E-state index contributed by atoms with van der Waals surface area (Å²) < 4.78 is 1.17. The maximum absolute atomic E-state index is 3.56. The van der Waals surface area contributed by atoms with Gasteiger partial charge in [0.15, 0.2) is 0 Å². The smallest absolute Gasteiger partial charge is 0.0459 e. The first-order valence-corrected chi connectivity index (χ1v) is 6.90. The number of H-pyrrole nitrogens is 1. The van der Waals surface area contributed by atoms with E-state index in [2.05, 4.69) is 58.1 Å². The number of likely N-dealkylation sites (N-methyl/N-ethyl adjacent to an activating group) is 1. The van der Waals surface area contributed by atoms with E-state index in [9.17, 15) is 0 Å². The van der Waals surface area contributed by atoms with Crippen LogP contribution in [0.4, 0.5) is 0 Å². The predicted octanol–water partition coefficient (Wildman–Crippen LogP) is 3.77. The Bertz CT molecular complexity index is 562. The average molecular weight is 330 g/mol. The van der Waals surface area contributed by atoms with E-state index in [1.54, 1.807) is 0 Å². The third-order valence-corrected chi connectivity index (χ3v) is 4.35. The lowest BCUT2D eigenvalue weighted by Crippen LogP contribution is -2.33. The molecule has 0 bridgehead atoms. The van der Waals surface area contributed by atoms with E-state index in [-0.39, 0.29) is 12.4 Å². The zero-order valence-corrected chi connectivity index (χ0v) is 13.1. The lowest BCUT2D eigenvalue weighted by Gasteiger charge is -2.28. The molecule has 3 rings (SSSR count). The SMILES string of the molecule is CN(C)C1CCc2[nH]c3ccc(Br)cc3c2C1.Cl. The number of hydrogen-bond acceptors (Lipinski definition) is 1. The first-order chi connectivity index (χ1) is 8.15. The topological polar surface area (TPSA) is 19.0 Å². The number of fused-ring (bicyclic) bond motifs is 3. The molecule has 1 aliphatic carbocycles. The highest BCUT2D eigenvalue weighted by Gasteiger charge is 2.23. The van der Waals surface area contributed by atoms with Crippen molar-refractivity contribution in [1.82, 2.24) is 9.88 Å². The van der Waals surface area contributed by atoms with Crippen molar-refractivity contribution in [3.8, 4) is 0 Å². The molecule has 98 valence electrons. The summed E-state index contributed by atoms with van der Waals surface area (Å²) in [6.07, 6.45) is 3.59. The Morgan fingerprint density at radius 3 is 2.83 bits per heavy atom. The van der Waals surface area contributed by atoms with Crippen LogP contribution in [-0.2, 0) is 12.8 Å². The third-order valence-electron chi connectivity index (χ3n) is 3.85. The first kappa shape index (κ1) is 13.9.